The second-order valence-electron chi connectivity index (χ2n) is 6.15. The van der Waals surface area contributed by atoms with Gasteiger partial charge in [-0.3, -0.25) is 0 Å². The molecule has 0 atom stereocenters. The molecule has 3 N–H and O–H groups in total. The maximum atomic E-state index is 11.9. The lowest BCUT2D eigenvalue weighted by Crippen LogP contribution is -2.43. The van der Waals surface area contributed by atoms with Crippen LogP contribution in [-0.2, 0) is 6.54 Å². The standard InChI is InChI=1S/C17H26N2O3/c1-12(2)22-16-5-3-4-13(10-16)11-18-17(21)19-14-6-8-15(20)9-7-14/h3-5,10,12,14-15,20H,6-9,11H2,1-2H3,(H2,18,19,21). The first-order valence-corrected chi connectivity index (χ1v) is 8.01. The molecule has 1 aromatic carbocycles. The Balaban J connectivity index is 1.76. The van der Waals surface area contributed by atoms with Gasteiger partial charge in [0.25, 0.3) is 0 Å². The molecule has 0 spiro atoms. The lowest BCUT2D eigenvalue weighted by molar-refractivity contribution is 0.117. The molecule has 0 radical (unpaired) electrons. The first-order chi connectivity index (χ1) is 10.5. The van der Waals surface area contributed by atoms with Gasteiger partial charge in [0.05, 0.1) is 12.2 Å². The first kappa shape index (κ1) is 16.6. The Bertz CT molecular complexity index is 483. The lowest BCUT2D eigenvalue weighted by Gasteiger charge is -2.26. The Morgan fingerprint density at radius 2 is 2.05 bits per heavy atom. The third-order valence-corrected chi connectivity index (χ3v) is 3.76. The van der Waals surface area contributed by atoms with E-state index in [9.17, 15) is 9.90 Å². The summed E-state index contributed by atoms with van der Waals surface area (Å²) in [4.78, 5) is 11.9. The minimum Gasteiger partial charge on any atom is -0.491 e. The highest BCUT2D eigenvalue weighted by Crippen LogP contribution is 2.18. The number of carbonyl (C=O) groups excluding carboxylic acids is 1. The predicted octanol–water partition coefficient (Wildman–Crippen LogP) is 2.58. The third kappa shape index (κ3) is 5.56. The Hall–Kier alpha value is -1.75. The van der Waals surface area contributed by atoms with Crippen molar-refractivity contribution in [3.63, 3.8) is 0 Å². The third-order valence-electron chi connectivity index (χ3n) is 3.76. The number of carbonyl (C=O) groups is 1. The van der Waals surface area contributed by atoms with E-state index in [0.29, 0.717) is 6.54 Å². The van der Waals surface area contributed by atoms with Crippen molar-refractivity contribution >= 4 is 6.03 Å². The summed E-state index contributed by atoms with van der Waals surface area (Å²) in [5.41, 5.74) is 1.01. The highest BCUT2D eigenvalue weighted by molar-refractivity contribution is 5.74. The van der Waals surface area contributed by atoms with Gasteiger partial charge in [-0.2, -0.15) is 0 Å². The van der Waals surface area contributed by atoms with Crippen LogP contribution in [0.5, 0.6) is 5.75 Å². The summed E-state index contributed by atoms with van der Waals surface area (Å²) in [7, 11) is 0. The van der Waals surface area contributed by atoms with Gasteiger partial charge >= 0.3 is 6.03 Å². The van der Waals surface area contributed by atoms with Crippen LogP contribution in [-0.4, -0.2) is 29.4 Å². The highest BCUT2D eigenvalue weighted by atomic mass is 16.5. The van der Waals surface area contributed by atoms with E-state index in [1.807, 2.05) is 38.1 Å². The molecule has 1 aliphatic carbocycles. The Morgan fingerprint density at radius 1 is 1.32 bits per heavy atom. The van der Waals surface area contributed by atoms with E-state index >= 15 is 0 Å². The second-order valence-corrected chi connectivity index (χ2v) is 6.15. The van der Waals surface area contributed by atoms with Gasteiger partial charge in [0.2, 0.25) is 0 Å². The molecule has 0 aromatic heterocycles. The number of nitrogens with one attached hydrogen (secondary N) is 2. The van der Waals surface area contributed by atoms with E-state index in [1.165, 1.54) is 0 Å². The zero-order valence-corrected chi connectivity index (χ0v) is 13.3. The van der Waals surface area contributed by atoms with Gasteiger partial charge in [-0.1, -0.05) is 12.1 Å². The van der Waals surface area contributed by atoms with Gasteiger partial charge in [0.15, 0.2) is 0 Å². The van der Waals surface area contributed by atoms with E-state index in [2.05, 4.69) is 10.6 Å². The van der Waals surface area contributed by atoms with Crippen molar-refractivity contribution in [3.8, 4) is 5.75 Å². The summed E-state index contributed by atoms with van der Waals surface area (Å²) in [6.45, 7) is 4.44. The smallest absolute Gasteiger partial charge is 0.315 e. The van der Waals surface area contributed by atoms with Crippen LogP contribution >= 0.6 is 0 Å². The van der Waals surface area contributed by atoms with Crippen molar-refractivity contribution in [1.82, 2.24) is 10.6 Å². The lowest BCUT2D eigenvalue weighted by atomic mass is 9.93. The van der Waals surface area contributed by atoms with Crippen LogP contribution in [0.15, 0.2) is 24.3 Å². The predicted molar refractivity (Wildman–Crippen MR) is 85.8 cm³/mol. The summed E-state index contributed by atoms with van der Waals surface area (Å²) in [5, 5.41) is 15.3. The number of hydrogen-bond acceptors (Lipinski definition) is 3. The summed E-state index contributed by atoms with van der Waals surface area (Å²) in [6.07, 6.45) is 3.13. The fraction of sp³-hybridized carbons (Fsp3) is 0.588. The summed E-state index contributed by atoms with van der Waals surface area (Å²) in [5.74, 6) is 0.816. The summed E-state index contributed by atoms with van der Waals surface area (Å²) >= 11 is 0. The SMILES string of the molecule is CC(C)Oc1cccc(CNC(=O)NC2CCC(O)CC2)c1. The molecule has 2 rings (SSSR count). The van der Waals surface area contributed by atoms with Crippen LogP contribution in [0.3, 0.4) is 0 Å². The van der Waals surface area contributed by atoms with Gasteiger partial charge in [-0.05, 0) is 57.2 Å². The zero-order chi connectivity index (χ0) is 15.9. The Kier molecular flexibility index (Phi) is 6.07. The topological polar surface area (TPSA) is 70.6 Å². The molecule has 0 heterocycles. The van der Waals surface area contributed by atoms with Gasteiger partial charge in [0.1, 0.15) is 5.75 Å². The first-order valence-electron chi connectivity index (χ1n) is 8.01. The number of aliphatic hydroxyl groups excluding tert-OH is 1. The number of hydrogen-bond donors (Lipinski definition) is 3. The van der Waals surface area contributed by atoms with Gasteiger partial charge in [0, 0.05) is 12.6 Å². The van der Waals surface area contributed by atoms with Crippen LogP contribution in [0.1, 0.15) is 45.1 Å². The molecular weight excluding hydrogens is 280 g/mol. The van der Waals surface area contributed by atoms with Crippen molar-refractivity contribution in [2.24, 2.45) is 0 Å². The molecule has 5 nitrogen and oxygen atoms in total. The molecule has 1 aliphatic rings. The van der Waals surface area contributed by atoms with Crippen molar-refractivity contribution in [1.29, 1.82) is 0 Å². The molecule has 22 heavy (non-hydrogen) atoms. The van der Waals surface area contributed by atoms with E-state index in [0.717, 1.165) is 37.0 Å². The van der Waals surface area contributed by atoms with Gasteiger partial charge in [-0.25, -0.2) is 4.79 Å². The minimum absolute atomic E-state index is 0.133. The molecule has 0 bridgehead atoms. The normalized spacial score (nSPS) is 21.5. The largest absolute Gasteiger partial charge is 0.491 e. The van der Waals surface area contributed by atoms with E-state index in [4.69, 9.17) is 4.74 Å². The molecule has 122 valence electrons. The quantitative estimate of drug-likeness (QED) is 0.783. The van der Waals surface area contributed by atoms with Crippen molar-refractivity contribution in [3.05, 3.63) is 29.8 Å². The number of ether oxygens (including phenoxy) is 1. The molecule has 5 heteroatoms. The van der Waals surface area contributed by atoms with Gasteiger partial charge in [-0.15, -0.1) is 0 Å². The van der Waals surface area contributed by atoms with Crippen molar-refractivity contribution in [2.45, 2.75) is 64.3 Å². The summed E-state index contributed by atoms with van der Waals surface area (Å²) in [6, 6.07) is 7.75. The second kappa shape index (κ2) is 8.03. The van der Waals surface area contributed by atoms with Crippen LogP contribution < -0.4 is 15.4 Å². The molecule has 1 aromatic rings. The number of urea groups is 1. The number of amides is 2. The van der Waals surface area contributed by atoms with E-state index in [1.54, 1.807) is 0 Å². The molecule has 0 saturated heterocycles. The number of aliphatic hydroxyl groups is 1. The number of benzene rings is 1. The summed E-state index contributed by atoms with van der Waals surface area (Å²) < 4.78 is 5.64. The van der Waals surface area contributed by atoms with Crippen LogP contribution in [0.25, 0.3) is 0 Å². The van der Waals surface area contributed by atoms with E-state index < -0.39 is 0 Å². The average molecular weight is 306 g/mol. The maximum Gasteiger partial charge on any atom is 0.315 e. The Labute approximate surface area is 132 Å². The molecular formula is C17H26N2O3. The molecule has 1 saturated carbocycles. The fourth-order valence-corrected chi connectivity index (χ4v) is 2.64. The van der Waals surface area contributed by atoms with Crippen LogP contribution in [0, 0.1) is 0 Å². The van der Waals surface area contributed by atoms with Crippen molar-refractivity contribution < 1.29 is 14.6 Å². The minimum atomic E-state index is -0.204. The van der Waals surface area contributed by atoms with Gasteiger partial charge < -0.3 is 20.5 Å². The zero-order valence-electron chi connectivity index (χ0n) is 13.3. The van der Waals surface area contributed by atoms with Crippen LogP contribution in [0.2, 0.25) is 0 Å². The molecule has 1 fully saturated rings. The Morgan fingerprint density at radius 3 is 2.73 bits per heavy atom. The fourth-order valence-electron chi connectivity index (χ4n) is 2.64. The van der Waals surface area contributed by atoms with Crippen molar-refractivity contribution in [2.75, 3.05) is 0 Å². The molecule has 2 amide bonds. The van der Waals surface area contributed by atoms with Crippen LogP contribution in [0.4, 0.5) is 4.79 Å². The molecule has 0 aliphatic heterocycles. The highest BCUT2D eigenvalue weighted by Gasteiger charge is 2.20. The number of rotatable bonds is 5. The monoisotopic (exact) mass is 306 g/mol. The maximum absolute atomic E-state index is 11.9. The average Bonchev–Trinajstić information content (AvgIpc) is 2.47. The van der Waals surface area contributed by atoms with E-state index in [-0.39, 0.29) is 24.3 Å². The molecule has 0 unspecified atom stereocenters.